The Morgan fingerprint density at radius 2 is 2.27 bits per heavy atom. The first kappa shape index (κ1) is 11.8. The molecule has 0 saturated heterocycles. The van der Waals surface area contributed by atoms with Crippen LogP contribution in [0.2, 0.25) is 0 Å². The van der Waals surface area contributed by atoms with Crippen molar-refractivity contribution in [2.75, 3.05) is 11.5 Å². The molecule has 15 heavy (non-hydrogen) atoms. The highest BCUT2D eigenvalue weighted by Gasteiger charge is 2.13. The maximum atomic E-state index is 13.3. The fourth-order valence-corrected chi connectivity index (χ4v) is 1.90. The van der Waals surface area contributed by atoms with Crippen LogP contribution < -0.4 is 5.73 Å². The van der Waals surface area contributed by atoms with Gasteiger partial charge in [-0.15, -0.1) is 11.8 Å². The lowest BCUT2D eigenvalue weighted by Gasteiger charge is -2.06. The molecule has 1 aromatic carbocycles. The molecule has 0 unspecified atom stereocenters. The van der Waals surface area contributed by atoms with E-state index < -0.39 is 11.8 Å². The van der Waals surface area contributed by atoms with Crippen LogP contribution in [0, 0.1) is 5.82 Å². The zero-order valence-corrected chi connectivity index (χ0v) is 9.10. The maximum absolute atomic E-state index is 13.3. The molecular formula is C10H12FNO2S. The number of hydrogen-bond donors (Lipinski definition) is 2. The molecule has 0 atom stereocenters. The second kappa shape index (κ2) is 5.02. The average molecular weight is 229 g/mol. The van der Waals surface area contributed by atoms with Gasteiger partial charge < -0.3 is 10.8 Å². The lowest BCUT2D eigenvalue weighted by molar-refractivity contribution is 0.0697. The number of carboxylic acids is 1. The van der Waals surface area contributed by atoms with Crippen molar-refractivity contribution in [3.63, 3.8) is 0 Å². The van der Waals surface area contributed by atoms with Crippen molar-refractivity contribution >= 4 is 23.4 Å². The van der Waals surface area contributed by atoms with Crippen LogP contribution in [0.15, 0.2) is 17.0 Å². The summed E-state index contributed by atoms with van der Waals surface area (Å²) in [6.45, 7) is 1.97. The van der Waals surface area contributed by atoms with Crippen LogP contribution in [0.25, 0.3) is 0 Å². The van der Waals surface area contributed by atoms with Gasteiger partial charge in [0, 0.05) is 10.6 Å². The fourth-order valence-electron chi connectivity index (χ4n) is 1.08. The first-order valence-electron chi connectivity index (χ1n) is 4.51. The molecule has 1 rings (SSSR count). The van der Waals surface area contributed by atoms with Gasteiger partial charge in [-0.05, 0) is 24.3 Å². The number of nitrogen functional groups attached to an aromatic ring is 1. The van der Waals surface area contributed by atoms with E-state index in [1.807, 2.05) is 6.92 Å². The molecular weight excluding hydrogens is 217 g/mol. The summed E-state index contributed by atoms with van der Waals surface area (Å²) in [6.07, 6.45) is 0.900. The van der Waals surface area contributed by atoms with Crippen molar-refractivity contribution in [2.45, 2.75) is 18.2 Å². The highest BCUT2D eigenvalue weighted by molar-refractivity contribution is 7.99. The van der Waals surface area contributed by atoms with E-state index in [-0.39, 0.29) is 11.3 Å². The minimum atomic E-state index is -1.13. The molecule has 3 N–H and O–H groups in total. The minimum Gasteiger partial charge on any atom is -0.478 e. The molecule has 5 heteroatoms. The average Bonchev–Trinajstić information content (AvgIpc) is 2.16. The summed E-state index contributed by atoms with van der Waals surface area (Å²) in [6, 6.07) is 2.34. The first-order chi connectivity index (χ1) is 7.06. The highest BCUT2D eigenvalue weighted by atomic mass is 32.2. The van der Waals surface area contributed by atoms with E-state index in [4.69, 9.17) is 10.8 Å². The Bertz CT molecular complexity index is 382. The summed E-state index contributed by atoms with van der Waals surface area (Å²) < 4.78 is 13.3. The number of carbonyl (C=O) groups is 1. The number of thioether (sulfide) groups is 1. The molecule has 3 nitrogen and oxygen atoms in total. The van der Waals surface area contributed by atoms with E-state index >= 15 is 0 Å². The lowest BCUT2D eigenvalue weighted by Crippen LogP contribution is -2.03. The van der Waals surface area contributed by atoms with Crippen LogP contribution in [0.4, 0.5) is 10.1 Å². The van der Waals surface area contributed by atoms with Gasteiger partial charge in [-0.2, -0.15) is 0 Å². The number of aromatic carboxylic acids is 1. The molecule has 0 fully saturated rings. The number of carboxylic acid groups (broad SMARTS) is 1. The van der Waals surface area contributed by atoms with Crippen molar-refractivity contribution in [3.8, 4) is 0 Å². The Morgan fingerprint density at radius 1 is 1.60 bits per heavy atom. The highest BCUT2D eigenvalue weighted by Crippen LogP contribution is 2.27. The SMILES string of the molecule is CCCSc1cc(C(=O)O)c(N)cc1F. The number of anilines is 1. The molecule has 0 radical (unpaired) electrons. The first-order valence-corrected chi connectivity index (χ1v) is 5.50. The van der Waals surface area contributed by atoms with E-state index in [1.54, 1.807) is 0 Å². The van der Waals surface area contributed by atoms with E-state index in [0.29, 0.717) is 4.90 Å². The molecule has 82 valence electrons. The second-order valence-electron chi connectivity index (χ2n) is 3.02. The molecule has 0 heterocycles. The molecule has 0 saturated carbocycles. The van der Waals surface area contributed by atoms with Crippen LogP contribution in [-0.2, 0) is 0 Å². The van der Waals surface area contributed by atoms with Crippen molar-refractivity contribution in [1.82, 2.24) is 0 Å². The Kier molecular flexibility index (Phi) is 3.96. The molecule has 0 aliphatic heterocycles. The summed E-state index contributed by atoms with van der Waals surface area (Å²) in [5, 5.41) is 8.79. The number of hydrogen-bond acceptors (Lipinski definition) is 3. The van der Waals surface area contributed by atoms with Gasteiger partial charge in [0.15, 0.2) is 0 Å². The maximum Gasteiger partial charge on any atom is 0.337 e. The topological polar surface area (TPSA) is 63.3 Å². The molecule has 0 aliphatic rings. The smallest absolute Gasteiger partial charge is 0.337 e. The number of rotatable bonds is 4. The summed E-state index contributed by atoms with van der Waals surface area (Å²) in [4.78, 5) is 11.1. The Hall–Kier alpha value is -1.23. The minimum absolute atomic E-state index is 0.0409. The van der Waals surface area contributed by atoms with E-state index in [0.717, 1.165) is 18.2 Å². The Labute approximate surface area is 91.5 Å². The van der Waals surface area contributed by atoms with Gasteiger partial charge in [0.05, 0.1) is 5.56 Å². The predicted octanol–water partition coefficient (Wildman–Crippen LogP) is 2.61. The fraction of sp³-hybridized carbons (Fsp3) is 0.300. The van der Waals surface area contributed by atoms with Gasteiger partial charge in [0.2, 0.25) is 0 Å². The monoisotopic (exact) mass is 229 g/mol. The van der Waals surface area contributed by atoms with Crippen LogP contribution >= 0.6 is 11.8 Å². The number of halogens is 1. The van der Waals surface area contributed by atoms with E-state index in [1.165, 1.54) is 17.8 Å². The Balaban J connectivity index is 3.06. The van der Waals surface area contributed by atoms with E-state index in [2.05, 4.69) is 0 Å². The normalized spacial score (nSPS) is 10.3. The zero-order chi connectivity index (χ0) is 11.4. The third-order valence-corrected chi connectivity index (χ3v) is 3.03. The Morgan fingerprint density at radius 3 is 2.80 bits per heavy atom. The standard InChI is InChI=1S/C10H12FNO2S/c1-2-3-15-9-4-6(10(13)14)8(12)5-7(9)11/h4-5H,2-3,12H2,1H3,(H,13,14). The summed E-state index contributed by atoms with van der Waals surface area (Å²) in [5.74, 6) is -0.846. The third kappa shape index (κ3) is 2.86. The molecule has 0 bridgehead atoms. The molecule has 0 amide bonds. The van der Waals surface area contributed by atoms with Gasteiger partial charge in [-0.25, -0.2) is 9.18 Å². The molecule has 0 spiro atoms. The zero-order valence-electron chi connectivity index (χ0n) is 8.29. The summed E-state index contributed by atoms with van der Waals surface area (Å²) >= 11 is 1.29. The van der Waals surface area contributed by atoms with Crippen molar-refractivity contribution in [3.05, 3.63) is 23.5 Å². The number of benzene rings is 1. The van der Waals surface area contributed by atoms with Gasteiger partial charge in [-0.1, -0.05) is 6.92 Å². The lowest BCUT2D eigenvalue weighted by atomic mass is 10.2. The summed E-state index contributed by atoms with van der Waals surface area (Å²) in [7, 11) is 0. The van der Waals surface area contributed by atoms with Crippen LogP contribution in [0.5, 0.6) is 0 Å². The second-order valence-corrected chi connectivity index (χ2v) is 4.16. The van der Waals surface area contributed by atoms with Crippen molar-refractivity contribution in [2.24, 2.45) is 0 Å². The molecule has 0 aliphatic carbocycles. The van der Waals surface area contributed by atoms with Gasteiger partial charge in [0.25, 0.3) is 0 Å². The third-order valence-electron chi connectivity index (χ3n) is 1.80. The summed E-state index contributed by atoms with van der Waals surface area (Å²) in [5.41, 5.74) is 5.30. The largest absolute Gasteiger partial charge is 0.478 e. The van der Waals surface area contributed by atoms with Crippen molar-refractivity contribution in [1.29, 1.82) is 0 Å². The predicted molar refractivity (Wildman–Crippen MR) is 58.8 cm³/mol. The van der Waals surface area contributed by atoms with Crippen LogP contribution in [-0.4, -0.2) is 16.8 Å². The van der Waals surface area contributed by atoms with E-state index in [9.17, 15) is 9.18 Å². The van der Waals surface area contributed by atoms with Crippen molar-refractivity contribution < 1.29 is 14.3 Å². The van der Waals surface area contributed by atoms with Crippen LogP contribution in [0.3, 0.4) is 0 Å². The quantitative estimate of drug-likeness (QED) is 0.615. The van der Waals surface area contributed by atoms with Gasteiger partial charge in [0.1, 0.15) is 5.82 Å². The molecule has 1 aromatic rings. The van der Waals surface area contributed by atoms with Gasteiger partial charge in [-0.3, -0.25) is 0 Å². The molecule has 0 aromatic heterocycles. The van der Waals surface area contributed by atoms with Gasteiger partial charge >= 0.3 is 5.97 Å². The van der Waals surface area contributed by atoms with Crippen LogP contribution in [0.1, 0.15) is 23.7 Å². The number of nitrogens with two attached hydrogens (primary N) is 1.